The fourth-order valence-electron chi connectivity index (χ4n) is 2.47. The fraction of sp³-hybridized carbons (Fsp3) is 0.286. The molecule has 1 fully saturated rings. The summed E-state index contributed by atoms with van der Waals surface area (Å²) in [6.45, 7) is 0. The number of nitrogens with one attached hydrogen (secondary N) is 2. The summed E-state index contributed by atoms with van der Waals surface area (Å²) >= 11 is 0. The number of aromatic nitrogens is 1. The quantitative estimate of drug-likeness (QED) is 0.784. The molecule has 19 heavy (non-hydrogen) atoms. The van der Waals surface area contributed by atoms with Gasteiger partial charge in [-0.25, -0.2) is 0 Å². The maximum Gasteiger partial charge on any atom is 0.306 e. The van der Waals surface area contributed by atoms with E-state index in [1.807, 2.05) is 18.2 Å². The van der Waals surface area contributed by atoms with E-state index in [1.165, 1.54) is 0 Å². The number of benzene rings is 1. The minimum absolute atomic E-state index is 0.0289. The van der Waals surface area contributed by atoms with E-state index in [0.29, 0.717) is 18.4 Å². The van der Waals surface area contributed by atoms with Crippen LogP contribution >= 0.6 is 0 Å². The molecule has 0 unspecified atom stereocenters. The first-order valence-corrected chi connectivity index (χ1v) is 6.25. The Morgan fingerprint density at radius 2 is 2.05 bits per heavy atom. The van der Waals surface area contributed by atoms with Gasteiger partial charge in [0, 0.05) is 17.6 Å². The van der Waals surface area contributed by atoms with Crippen LogP contribution in [-0.2, 0) is 4.79 Å². The normalized spacial score (nSPS) is 21.9. The van der Waals surface area contributed by atoms with Crippen molar-refractivity contribution >= 4 is 22.8 Å². The number of rotatable bonds is 3. The Morgan fingerprint density at radius 1 is 1.26 bits per heavy atom. The van der Waals surface area contributed by atoms with Gasteiger partial charge in [0.15, 0.2) is 0 Å². The molecule has 0 spiro atoms. The molecule has 0 radical (unpaired) electrons. The largest absolute Gasteiger partial charge is 0.481 e. The first-order chi connectivity index (χ1) is 9.15. The third kappa shape index (κ3) is 2.07. The Kier molecular flexibility index (Phi) is 2.74. The van der Waals surface area contributed by atoms with Gasteiger partial charge >= 0.3 is 5.97 Å². The van der Waals surface area contributed by atoms with Crippen LogP contribution in [0, 0.1) is 5.92 Å². The standard InChI is InChI=1S/C14H14N2O3/c17-13(16-10-6-9(7-10)14(18)19)11-3-1-2-8-4-5-15-12(8)11/h1-5,9-10,15H,6-7H2,(H,16,17)(H,18,19). The lowest BCUT2D eigenvalue weighted by molar-refractivity contribution is -0.145. The van der Waals surface area contributed by atoms with Crippen molar-refractivity contribution in [3.8, 4) is 0 Å². The number of aromatic amines is 1. The van der Waals surface area contributed by atoms with Crippen molar-refractivity contribution in [2.24, 2.45) is 5.92 Å². The van der Waals surface area contributed by atoms with E-state index in [1.54, 1.807) is 12.3 Å². The average Bonchev–Trinajstić information content (AvgIpc) is 2.80. The summed E-state index contributed by atoms with van der Waals surface area (Å²) in [5.41, 5.74) is 1.41. The van der Waals surface area contributed by atoms with Gasteiger partial charge in [-0.2, -0.15) is 0 Å². The molecule has 5 nitrogen and oxygen atoms in total. The van der Waals surface area contributed by atoms with Crippen LogP contribution in [0.4, 0.5) is 0 Å². The number of carboxylic acid groups (broad SMARTS) is 1. The van der Waals surface area contributed by atoms with Gasteiger partial charge in [-0.05, 0) is 25.0 Å². The number of para-hydroxylation sites is 1. The van der Waals surface area contributed by atoms with Crippen molar-refractivity contribution in [2.75, 3.05) is 0 Å². The second-order valence-corrected chi connectivity index (χ2v) is 4.92. The number of hydrogen-bond acceptors (Lipinski definition) is 2. The summed E-state index contributed by atoms with van der Waals surface area (Å²) in [6.07, 6.45) is 2.83. The zero-order valence-corrected chi connectivity index (χ0v) is 10.2. The summed E-state index contributed by atoms with van der Waals surface area (Å²) in [6, 6.07) is 7.43. The first kappa shape index (κ1) is 11.8. The molecule has 0 atom stereocenters. The highest BCUT2D eigenvalue weighted by atomic mass is 16.4. The van der Waals surface area contributed by atoms with Gasteiger partial charge in [-0.3, -0.25) is 9.59 Å². The van der Waals surface area contributed by atoms with E-state index < -0.39 is 5.97 Å². The van der Waals surface area contributed by atoms with Crippen molar-refractivity contribution in [1.29, 1.82) is 0 Å². The Morgan fingerprint density at radius 3 is 2.79 bits per heavy atom. The van der Waals surface area contributed by atoms with Gasteiger partial charge < -0.3 is 15.4 Å². The Hall–Kier alpha value is -2.30. The van der Waals surface area contributed by atoms with Crippen molar-refractivity contribution in [1.82, 2.24) is 10.3 Å². The van der Waals surface area contributed by atoms with Crippen LogP contribution in [0.3, 0.4) is 0 Å². The molecule has 1 heterocycles. The van der Waals surface area contributed by atoms with Crippen LogP contribution in [0.15, 0.2) is 30.5 Å². The molecule has 98 valence electrons. The number of aliphatic carboxylic acids is 1. The number of carbonyl (C=O) groups is 2. The van der Waals surface area contributed by atoms with Crippen LogP contribution < -0.4 is 5.32 Å². The van der Waals surface area contributed by atoms with Gasteiger partial charge in [0.25, 0.3) is 5.91 Å². The van der Waals surface area contributed by atoms with Gasteiger partial charge in [0.2, 0.25) is 0 Å². The zero-order chi connectivity index (χ0) is 13.4. The molecule has 0 bridgehead atoms. The zero-order valence-electron chi connectivity index (χ0n) is 10.2. The molecule has 3 rings (SSSR count). The molecule has 1 aromatic carbocycles. The Balaban J connectivity index is 1.71. The van der Waals surface area contributed by atoms with Crippen molar-refractivity contribution in [3.63, 3.8) is 0 Å². The number of hydrogen-bond donors (Lipinski definition) is 3. The molecule has 1 aliphatic carbocycles. The minimum atomic E-state index is -0.781. The van der Waals surface area contributed by atoms with E-state index in [4.69, 9.17) is 5.11 Å². The average molecular weight is 258 g/mol. The van der Waals surface area contributed by atoms with Crippen LogP contribution in [0.1, 0.15) is 23.2 Å². The molecule has 3 N–H and O–H groups in total. The molecule has 0 saturated heterocycles. The van der Waals surface area contributed by atoms with E-state index in [-0.39, 0.29) is 17.9 Å². The smallest absolute Gasteiger partial charge is 0.306 e. The highest BCUT2D eigenvalue weighted by molar-refractivity contribution is 6.05. The lowest BCUT2D eigenvalue weighted by atomic mass is 9.80. The van der Waals surface area contributed by atoms with E-state index in [2.05, 4.69) is 10.3 Å². The van der Waals surface area contributed by atoms with Crippen LogP contribution in [0.25, 0.3) is 10.9 Å². The summed E-state index contributed by atoms with van der Waals surface area (Å²) in [4.78, 5) is 25.9. The molecule has 1 aromatic heterocycles. The topological polar surface area (TPSA) is 82.2 Å². The summed E-state index contributed by atoms with van der Waals surface area (Å²) in [7, 11) is 0. The Bertz CT molecular complexity index is 641. The molecule has 1 amide bonds. The van der Waals surface area contributed by atoms with Crippen molar-refractivity contribution < 1.29 is 14.7 Å². The molecule has 1 aliphatic rings. The number of H-pyrrole nitrogens is 1. The second kappa shape index (κ2) is 4.42. The third-order valence-electron chi connectivity index (χ3n) is 3.65. The predicted molar refractivity (Wildman–Crippen MR) is 69.9 cm³/mol. The first-order valence-electron chi connectivity index (χ1n) is 6.25. The van der Waals surface area contributed by atoms with Crippen LogP contribution in [0.5, 0.6) is 0 Å². The SMILES string of the molecule is O=C(NC1CC(C(=O)O)C1)c1cccc2cc[nH]c12. The number of carbonyl (C=O) groups excluding carboxylic acids is 1. The molecule has 5 heteroatoms. The van der Waals surface area contributed by atoms with E-state index in [9.17, 15) is 9.59 Å². The summed E-state index contributed by atoms with van der Waals surface area (Å²) < 4.78 is 0. The molecular weight excluding hydrogens is 244 g/mol. The van der Waals surface area contributed by atoms with Crippen molar-refractivity contribution in [2.45, 2.75) is 18.9 Å². The molecular formula is C14H14N2O3. The summed E-state index contributed by atoms with van der Waals surface area (Å²) in [5, 5.41) is 12.7. The Labute approximate surface area is 109 Å². The van der Waals surface area contributed by atoms with Crippen LogP contribution in [0.2, 0.25) is 0 Å². The van der Waals surface area contributed by atoms with Gasteiger partial charge in [0.1, 0.15) is 0 Å². The third-order valence-corrected chi connectivity index (χ3v) is 3.65. The maximum absolute atomic E-state index is 12.2. The van der Waals surface area contributed by atoms with Crippen molar-refractivity contribution in [3.05, 3.63) is 36.0 Å². The van der Waals surface area contributed by atoms with Gasteiger partial charge in [-0.1, -0.05) is 12.1 Å². The lowest BCUT2D eigenvalue weighted by Gasteiger charge is -2.32. The van der Waals surface area contributed by atoms with Gasteiger partial charge in [-0.15, -0.1) is 0 Å². The van der Waals surface area contributed by atoms with Crippen LogP contribution in [-0.4, -0.2) is 28.0 Å². The molecule has 0 aliphatic heterocycles. The van der Waals surface area contributed by atoms with E-state index in [0.717, 1.165) is 10.9 Å². The molecule has 1 saturated carbocycles. The maximum atomic E-state index is 12.2. The number of amides is 1. The monoisotopic (exact) mass is 258 g/mol. The van der Waals surface area contributed by atoms with Gasteiger partial charge in [0.05, 0.1) is 17.0 Å². The predicted octanol–water partition coefficient (Wildman–Crippen LogP) is 1.76. The highest BCUT2D eigenvalue weighted by Gasteiger charge is 2.35. The second-order valence-electron chi connectivity index (χ2n) is 4.92. The highest BCUT2D eigenvalue weighted by Crippen LogP contribution is 2.28. The summed E-state index contributed by atoms with van der Waals surface area (Å²) in [5.74, 6) is -1.24. The molecule has 2 aromatic rings. The minimum Gasteiger partial charge on any atom is -0.481 e. The van der Waals surface area contributed by atoms with E-state index >= 15 is 0 Å². The lowest BCUT2D eigenvalue weighted by Crippen LogP contribution is -2.46. The number of fused-ring (bicyclic) bond motifs is 1. The number of carboxylic acids is 1. The fourth-order valence-corrected chi connectivity index (χ4v) is 2.47.